The second-order valence-electron chi connectivity index (χ2n) is 4.83. The smallest absolute Gasteiger partial charge is 0.262 e. The van der Waals surface area contributed by atoms with Gasteiger partial charge in [-0.25, -0.2) is 0 Å². The zero-order valence-corrected chi connectivity index (χ0v) is 10.4. The maximum Gasteiger partial charge on any atom is 0.262 e. The molecule has 3 rings (SSSR count). The molecule has 1 aromatic carbocycles. The Morgan fingerprint density at radius 1 is 1.42 bits per heavy atom. The second kappa shape index (κ2) is 4.55. The highest BCUT2D eigenvalue weighted by molar-refractivity contribution is 5.98. The number of ether oxygens (including phenoxy) is 1. The van der Waals surface area contributed by atoms with Crippen molar-refractivity contribution in [2.24, 2.45) is 11.7 Å². The number of anilines is 2. The molecule has 1 saturated heterocycles. The van der Waals surface area contributed by atoms with Gasteiger partial charge in [0.15, 0.2) is 6.61 Å². The van der Waals surface area contributed by atoms with Crippen LogP contribution in [0, 0.1) is 5.92 Å². The SMILES string of the molecule is NCC1CC(=O)N(c2ccc3c(c2)OCC(=O)N3)C1. The van der Waals surface area contributed by atoms with Crippen LogP contribution in [0.5, 0.6) is 5.75 Å². The third-order valence-corrected chi connectivity index (χ3v) is 3.45. The summed E-state index contributed by atoms with van der Waals surface area (Å²) < 4.78 is 5.35. The Labute approximate surface area is 110 Å². The highest BCUT2D eigenvalue weighted by Crippen LogP contribution is 2.34. The van der Waals surface area contributed by atoms with E-state index < -0.39 is 0 Å². The Morgan fingerprint density at radius 2 is 2.26 bits per heavy atom. The van der Waals surface area contributed by atoms with E-state index in [2.05, 4.69) is 5.32 Å². The summed E-state index contributed by atoms with van der Waals surface area (Å²) in [6.45, 7) is 1.16. The van der Waals surface area contributed by atoms with E-state index in [-0.39, 0.29) is 24.3 Å². The maximum absolute atomic E-state index is 11.9. The molecule has 100 valence electrons. The lowest BCUT2D eigenvalue weighted by atomic mass is 10.1. The fraction of sp³-hybridized carbons (Fsp3) is 0.385. The number of carbonyl (C=O) groups is 2. The van der Waals surface area contributed by atoms with Crippen molar-refractivity contribution < 1.29 is 14.3 Å². The van der Waals surface area contributed by atoms with Gasteiger partial charge in [0.25, 0.3) is 5.91 Å². The predicted molar refractivity (Wildman–Crippen MR) is 70.1 cm³/mol. The van der Waals surface area contributed by atoms with Crippen LogP contribution in [0.25, 0.3) is 0 Å². The largest absolute Gasteiger partial charge is 0.482 e. The first kappa shape index (κ1) is 12.0. The Bertz CT molecular complexity index is 544. The molecule has 6 nitrogen and oxygen atoms in total. The summed E-state index contributed by atoms with van der Waals surface area (Å²) in [5.74, 6) is 0.723. The average Bonchev–Trinajstić information content (AvgIpc) is 2.79. The van der Waals surface area contributed by atoms with Gasteiger partial charge in [-0.2, -0.15) is 0 Å². The van der Waals surface area contributed by atoms with E-state index in [9.17, 15) is 9.59 Å². The van der Waals surface area contributed by atoms with E-state index in [1.54, 1.807) is 17.0 Å². The molecule has 19 heavy (non-hydrogen) atoms. The number of hydrogen-bond acceptors (Lipinski definition) is 4. The molecule has 2 aliphatic rings. The summed E-state index contributed by atoms with van der Waals surface area (Å²) in [7, 11) is 0. The summed E-state index contributed by atoms with van der Waals surface area (Å²) in [5.41, 5.74) is 7.04. The zero-order chi connectivity index (χ0) is 13.4. The van der Waals surface area contributed by atoms with Crippen LogP contribution in [0.2, 0.25) is 0 Å². The molecule has 1 fully saturated rings. The van der Waals surface area contributed by atoms with Crippen LogP contribution < -0.4 is 20.7 Å². The van der Waals surface area contributed by atoms with Gasteiger partial charge in [0.05, 0.1) is 5.69 Å². The van der Waals surface area contributed by atoms with Crippen molar-refractivity contribution in [1.82, 2.24) is 0 Å². The van der Waals surface area contributed by atoms with Crippen molar-refractivity contribution in [3.05, 3.63) is 18.2 Å². The van der Waals surface area contributed by atoms with E-state index in [0.717, 1.165) is 5.69 Å². The Hall–Kier alpha value is -2.08. The van der Waals surface area contributed by atoms with Crippen molar-refractivity contribution in [2.45, 2.75) is 6.42 Å². The lowest BCUT2D eigenvalue weighted by Gasteiger charge is -2.22. The topological polar surface area (TPSA) is 84.7 Å². The van der Waals surface area contributed by atoms with Gasteiger partial charge in [-0.05, 0) is 24.6 Å². The quantitative estimate of drug-likeness (QED) is 0.803. The monoisotopic (exact) mass is 261 g/mol. The molecule has 0 saturated carbocycles. The van der Waals surface area contributed by atoms with E-state index in [1.807, 2.05) is 6.07 Å². The fourth-order valence-corrected chi connectivity index (χ4v) is 2.42. The molecule has 3 N–H and O–H groups in total. The van der Waals surface area contributed by atoms with Gasteiger partial charge in [-0.1, -0.05) is 0 Å². The number of rotatable bonds is 2. The Balaban J connectivity index is 1.86. The van der Waals surface area contributed by atoms with Gasteiger partial charge >= 0.3 is 0 Å². The summed E-state index contributed by atoms with van der Waals surface area (Å²) in [6.07, 6.45) is 0.491. The minimum absolute atomic E-state index is 0.00975. The molecule has 6 heteroatoms. The van der Waals surface area contributed by atoms with Gasteiger partial charge in [0.2, 0.25) is 5.91 Å². The highest BCUT2D eigenvalue weighted by Gasteiger charge is 2.30. The molecule has 1 unspecified atom stereocenters. The number of amides is 2. The molecular weight excluding hydrogens is 246 g/mol. The average molecular weight is 261 g/mol. The van der Waals surface area contributed by atoms with Gasteiger partial charge in [-0.3, -0.25) is 9.59 Å². The van der Waals surface area contributed by atoms with Crippen molar-refractivity contribution in [1.29, 1.82) is 0 Å². The minimum atomic E-state index is -0.166. The van der Waals surface area contributed by atoms with Crippen LogP contribution in [-0.2, 0) is 9.59 Å². The molecule has 0 aliphatic carbocycles. The normalized spacial score (nSPS) is 21.9. The Morgan fingerprint density at radius 3 is 3.00 bits per heavy atom. The molecule has 2 aliphatic heterocycles. The standard InChI is InChI=1S/C13H15N3O3/c14-5-8-3-13(18)16(6-8)9-1-2-10-11(4-9)19-7-12(17)15-10/h1-2,4,8H,3,5-7,14H2,(H,15,17). The predicted octanol–water partition coefficient (Wildman–Crippen LogP) is 0.329. The van der Waals surface area contributed by atoms with Crippen LogP contribution in [-0.4, -0.2) is 31.5 Å². The number of benzene rings is 1. The molecule has 2 amide bonds. The number of nitrogens with one attached hydrogen (secondary N) is 1. The zero-order valence-electron chi connectivity index (χ0n) is 10.4. The van der Waals surface area contributed by atoms with E-state index in [4.69, 9.17) is 10.5 Å². The Kier molecular flexibility index (Phi) is 2.87. The number of nitrogens with zero attached hydrogens (tertiary/aromatic N) is 1. The third-order valence-electron chi connectivity index (χ3n) is 3.45. The first-order valence-corrected chi connectivity index (χ1v) is 6.24. The molecule has 0 bridgehead atoms. The van der Waals surface area contributed by atoms with E-state index in [1.165, 1.54) is 0 Å². The van der Waals surface area contributed by atoms with Crippen molar-refractivity contribution in [3.63, 3.8) is 0 Å². The van der Waals surface area contributed by atoms with E-state index >= 15 is 0 Å². The lowest BCUT2D eigenvalue weighted by molar-refractivity contribution is -0.119. The number of hydrogen-bond donors (Lipinski definition) is 2. The molecule has 0 aromatic heterocycles. The fourth-order valence-electron chi connectivity index (χ4n) is 2.42. The second-order valence-corrected chi connectivity index (χ2v) is 4.83. The molecule has 2 heterocycles. The minimum Gasteiger partial charge on any atom is -0.482 e. The summed E-state index contributed by atoms with van der Waals surface area (Å²) >= 11 is 0. The lowest BCUT2D eigenvalue weighted by Crippen LogP contribution is -2.27. The van der Waals surface area contributed by atoms with Crippen LogP contribution >= 0.6 is 0 Å². The van der Waals surface area contributed by atoms with Crippen molar-refractivity contribution in [3.8, 4) is 5.75 Å². The highest BCUT2D eigenvalue weighted by atomic mass is 16.5. The summed E-state index contributed by atoms with van der Waals surface area (Å²) in [5, 5.41) is 2.72. The molecule has 1 aromatic rings. The van der Waals surface area contributed by atoms with Crippen LogP contribution in [0.1, 0.15) is 6.42 Å². The number of nitrogens with two attached hydrogens (primary N) is 1. The summed E-state index contributed by atoms with van der Waals surface area (Å²) in [4.78, 5) is 24.8. The maximum atomic E-state index is 11.9. The third kappa shape index (κ3) is 2.15. The van der Waals surface area contributed by atoms with Gasteiger partial charge in [-0.15, -0.1) is 0 Å². The number of carbonyl (C=O) groups excluding carboxylic acids is 2. The van der Waals surface area contributed by atoms with Crippen LogP contribution in [0.3, 0.4) is 0 Å². The molecule has 1 atom stereocenters. The molecule has 0 spiro atoms. The number of fused-ring (bicyclic) bond motifs is 1. The van der Waals surface area contributed by atoms with Crippen LogP contribution in [0.15, 0.2) is 18.2 Å². The van der Waals surface area contributed by atoms with Crippen molar-refractivity contribution in [2.75, 3.05) is 29.9 Å². The van der Waals surface area contributed by atoms with Crippen LogP contribution in [0.4, 0.5) is 11.4 Å². The van der Waals surface area contributed by atoms with Gasteiger partial charge in [0, 0.05) is 24.7 Å². The molecule has 0 radical (unpaired) electrons. The van der Waals surface area contributed by atoms with Gasteiger partial charge < -0.3 is 20.7 Å². The first-order valence-electron chi connectivity index (χ1n) is 6.24. The van der Waals surface area contributed by atoms with Crippen molar-refractivity contribution >= 4 is 23.2 Å². The van der Waals surface area contributed by atoms with E-state index in [0.29, 0.717) is 30.9 Å². The molecular formula is C13H15N3O3. The first-order chi connectivity index (χ1) is 9.17. The summed E-state index contributed by atoms with van der Waals surface area (Å²) in [6, 6.07) is 5.35. The van der Waals surface area contributed by atoms with Gasteiger partial charge in [0.1, 0.15) is 5.75 Å².